The molecule has 0 saturated carbocycles. The van der Waals surface area contributed by atoms with Crippen LogP contribution in [0.15, 0.2) is 60.8 Å². The molecule has 0 aliphatic heterocycles. The second-order valence-electron chi connectivity index (χ2n) is 5.46. The number of non-ortho nitro benzene ring substituents is 1. The standard InChI is InChI=1S/C19H14N2O5/c22-18(16-11-20-17-7-2-1-6-15(16)17)12-26-19(23)9-8-13-4-3-5-14(10-13)21(24)25/h1-11,20H,12H2. The highest BCUT2D eigenvalue weighted by Gasteiger charge is 2.13. The maximum absolute atomic E-state index is 12.2. The first-order valence-electron chi connectivity index (χ1n) is 7.73. The van der Waals surface area contributed by atoms with E-state index in [-0.39, 0.29) is 18.1 Å². The lowest BCUT2D eigenvalue weighted by atomic mass is 10.1. The first-order chi connectivity index (χ1) is 12.5. The Morgan fingerprint density at radius 3 is 2.77 bits per heavy atom. The highest BCUT2D eigenvalue weighted by Crippen LogP contribution is 2.18. The van der Waals surface area contributed by atoms with Crippen LogP contribution in [0.5, 0.6) is 0 Å². The predicted octanol–water partition coefficient (Wildman–Crippen LogP) is 3.52. The molecule has 0 aliphatic rings. The third-order valence-corrected chi connectivity index (χ3v) is 3.73. The van der Waals surface area contributed by atoms with Crippen LogP contribution in [0.1, 0.15) is 15.9 Å². The van der Waals surface area contributed by atoms with Gasteiger partial charge in [-0.2, -0.15) is 0 Å². The number of ether oxygens (including phenoxy) is 1. The molecule has 130 valence electrons. The number of nitrogens with one attached hydrogen (secondary N) is 1. The van der Waals surface area contributed by atoms with Crippen LogP contribution in [0.25, 0.3) is 17.0 Å². The predicted molar refractivity (Wildman–Crippen MR) is 95.7 cm³/mol. The van der Waals surface area contributed by atoms with Crippen molar-refractivity contribution >= 4 is 34.4 Å². The van der Waals surface area contributed by atoms with E-state index in [0.29, 0.717) is 11.1 Å². The van der Waals surface area contributed by atoms with Gasteiger partial charge in [0.05, 0.1) is 4.92 Å². The van der Waals surface area contributed by atoms with Crippen LogP contribution in [0, 0.1) is 10.1 Å². The molecule has 0 atom stereocenters. The Labute approximate surface area is 148 Å². The van der Waals surface area contributed by atoms with Crippen molar-refractivity contribution in [2.45, 2.75) is 0 Å². The zero-order valence-electron chi connectivity index (χ0n) is 13.5. The van der Waals surface area contributed by atoms with Gasteiger partial charge in [0.1, 0.15) is 0 Å². The van der Waals surface area contributed by atoms with Gasteiger partial charge in [0, 0.05) is 40.9 Å². The van der Waals surface area contributed by atoms with E-state index in [2.05, 4.69) is 4.98 Å². The van der Waals surface area contributed by atoms with Crippen LogP contribution in [0.2, 0.25) is 0 Å². The van der Waals surface area contributed by atoms with Crippen molar-refractivity contribution in [2.24, 2.45) is 0 Å². The molecular formula is C19H14N2O5. The molecule has 26 heavy (non-hydrogen) atoms. The fourth-order valence-electron chi connectivity index (χ4n) is 2.47. The molecule has 0 bridgehead atoms. The molecule has 0 radical (unpaired) electrons. The summed E-state index contributed by atoms with van der Waals surface area (Å²) in [6.45, 7) is -0.389. The van der Waals surface area contributed by atoms with Gasteiger partial charge >= 0.3 is 5.97 Å². The molecular weight excluding hydrogens is 336 g/mol. The molecule has 1 N–H and O–H groups in total. The number of para-hydroxylation sites is 1. The molecule has 0 saturated heterocycles. The Kier molecular flexibility index (Phi) is 4.89. The zero-order chi connectivity index (χ0) is 18.5. The number of H-pyrrole nitrogens is 1. The van der Waals surface area contributed by atoms with Crippen molar-refractivity contribution in [1.29, 1.82) is 0 Å². The number of aromatic nitrogens is 1. The van der Waals surface area contributed by atoms with Gasteiger partial charge in [0.15, 0.2) is 6.61 Å². The van der Waals surface area contributed by atoms with Crippen LogP contribution in [0.3, 0.4) is 0 Å². The lowest BCUT2D eigenvalue weighted by Gasteiger charge is -2.01. The Morgan fingerprint density at radius 1 is 1.15 bits per heavy atom. The number of nitrogens with zero attached hydrogens (tertiary/aromatic N) is 1. The molecule has 1 aromatic heterocycles. The van der Waals surface area contributed by atoms with Gasteiger partial charge in [0.2, 0.25) is 5.78 Å². The van der Waals surface area contributed by atoms with E-state index in [1.54, 1.807) is 12.3 Å². The Hall–Kier alpha value is -3.74. The minimum atomic E-state index is -0.704. The van der Waals surface area contributed by atoms with Crippen LogP contribution in [-0.4, -0.2) is 28.3 Å². The SMILES string of the molecule is O=C(C=Cc1cccc([N+](=O)[O-])c1)OCC(=O)c1c[nH]c2ccccc12. The van der Waals surface area contributed by atoms with E-state index >= 15 is 0 Å². The third kappa shape index (κ3) is 3.84. The molecule has 2 aromatic carbocycles. The second kappa shape index (κ2) is 7.43. The quantitative estimate of drug-likeness (QED) is 0.241. The van der Waals surface area contributed by atoms with Crippen molar-refractivity contribution in [3.63, 3.8) is 0 Å². The highest BCUT2D eigenvalue weighted by molar-refractivity contribution is 6.09. The van der Waals surface area contributed by atoms with Crippen LogP contribution in [0.4, 0.5) is 5.69 Å². The molecule has 0 fully saturated rings. The molecule has 7 heteroatoms. The Morgan fingerprint density at radius 2 is 1.96 bits per heavy atom. The molecule has 0 spiro atoms. The number of hydrogen-bond donors (Lipinski definition) is 1. The first kappa shape index (κ1) is 17.1. The van der Waals surface area contributed by atoms with Gasteiger partial charge < -0.3 is 9.72 Å². The lowest BCUT2D eigenvalue weighted by Crippen LogP contribution is -2.12. The maximum atomic E-state index is 12.2. The van der Waals surface area contributed by atoms with E-state index in [1.165, 1.54) is 24.3 Å². The number of benzene rings is 2. The van der Waals surface area contributed by atoms with Crippen molar-refractivity contribution in [2.75, 3.05) is 6.61 Å². The number of carbonyl (C=O) groups is 2. The molecule has 3 aromatic rings. The van der Waals surface area contributed by atoms with E-state index in [0.717, 1.165) is 17.0 Å². The molecule has 0 amide bonds. The molecule has 0 unspecified atom stereocenters. The van der Waals surface area contributed by atoms with E-state index in [4.69, 9.17) is 4.74 Å². The van der Waals surface area contributed by atoms with Crippen LogP contribution >= 0.6 is 0 Å². The van der Waals surface area contributed by atoms with Gasteiger partial charge in [0.25, 0.3) is 5.69 Å². The molecule has 0 aliphatic carbocycles. The number of fused-ring (bicyclic) bond motifs is 1. The summed E-state index contributed by atoms with van der Waals surface area (Å²) in [6, 6.07) is 13.2. The summed E-state index contributed by atoms with van der Waals surface area (Å²) >= 11 is 0. The number of nitro benzene ring substituents is 1. The summed E-state index contributed by atoms with van der Waals surface area (Å²) in [5.74, 6) is -1.02. The fraction of sp³-hybridized carbons (Fsp3) is 0.0526. The summed E-state index contributed by atoms with van der Waals surface area (Å²) < 4.78 is 4.95. The van der Waals surface area contributed by atoms with Gasteiger partial charge in [-0.25, -0.2) is 4.79 Å². The number of nitro groups is 1. The van der Waals surface area contributed by atoms with Crippen molar-refractivity contribution in [1.82, 2.24) is 4.98 Å². The normalized spacial score (nSPS) is 10.9. The largest absolute Gasteiger partial charge is 0.454 e. The maximum Gasteiger partial charge on any atom is 0.331 e. The van der Waals surface area contributed by atoms with Crippen molar-refractivity contribution < 1.29 is 19.2 Å². The second-order valence-corrected chi connectivity index (χ2v) is 5.46. The van der Waals surface area contributed by atoms with E-state index < -0.39 is 10.9 Å². The van der Waals surface area contributed by atoms with E-state index in [1.807, 2.05) is 24.3 Å². The topological polar surface area (TPSA) is 102 Å². The van der Waals surface area contributed by atoms with Gasteiger partial charge in [-0.15, -0.1) is 0 Å². The summed E-state index contributed by atoms with van der Waals surface area (Å²) in [4.78, 5) is 37.2. The van der Waals surface area contributed by atoms with Gasteiger partial charge in [-0.3, -0.25) is 14.9 Å². The minimum absolute atomic E-state index is 0.0740. The Bertz CT molecular complexity index is 1020. The van der Waals surface area contributed by atoms with E-state index in [9.17, 15) is 19.7 Å². The zero-order valence-corrected chi connectivity index (χ0v) is 13.5. The summed E-state index contributed by atoms with van der Waals surface area (Å²) in [5, 5.41) is 11.5. The van der Waals surface area contributed by atoms with Crippen LogP contribution < -0.4 is 0 Å². The Balaban J connectivity index is 1.61. The number of aromatic amines is 1. The average Bonchev–Trinajstić information content (AvgIpc) is 3.09. The number of rotatable bonds is 6. The molecule has 7 nitrogen and oxygen atoms in total. The summed E-state index contributed by atoms with van der Waals surface area (Å²) in [7, 11) is 0. The smallest absolute Gasteiger partial charge is 0.331 e. The summed E-state index contributed by atoms with van der Waals surface area (Å²) in [5.41, 5.74) is 1.69. The minimum Gasteiger partial charge on any atom is -0.454 e. The summed E-state index contributed by atoms with van der Waals surface area (Å²) in [6.07, 6.45) is 4.10. The number of ketones is 1. The van der Waals surface area contributed by atoms with Gasteiger partial charge in [-0.1, -0.05) is 30.3 Å². The monoisotopic (exact) mass is 350 g/mol. The lowest BCUT2D eigenvalue weighted by molar-refractivity contribution is -0.384. The number of Topliss-reactive ketones (excluding diaryl/α,β-unsaturated/α-hetero) is 1. The first-order valence-corrected chi connectivity index (χ1v) is 7.73. The molecule has 1 heterocycles. The highest BCUT2D eigenvalue weighted by atomic mass is 16.6. The third-order valence-electron chi connectivity index (χ3n) is 3.73. The average molecular weight is 350 g/mol. The number of carbonyl (C=O) groups excluding carboxylic acids is 2. The van der Waals surface area contributed by atoms with Gasteiger partial charge in [-0.05, 0) is 17.7 Å². The number of hydrogen-bond acceptors (Lipinski definition) is 5. The van der Waals surface area contributed by atoms with Crippen molar-refractivity contribution in [3.05, 3.63) is 82.0 Å². The molecule has 3 rings (SSSR count). The van der Waals surface area contributed by atoms with Crippen LogP contribution in [-0.2, 0) is 9.53 Å². The fourth-order valence-corrected chi connectivity index (χ4v) is 2.47. The van der Waals surface area contributed by atoms with Crippen molar-refractivity contribution in [3.8, 4) is 0 Å². The number of esters is 1.